The molecule has 4 nitrogen and oxygen atoms in total. The highest BCUT2D eigenvalue weighted by Gasteiger charge is 2.23. The van der Waals surface area contributed by atoms with E-state index in [2.05, 4.69) is 215 Å². The van der Waals surface area contributed by atoms with E-state index in [9.17, 15) is 0 Å². The molecule has 0 amide bonds. The van der Waals surface area contributed by atoms with Crippen molar-refractivity contribution in [1.82, 2.24) is 19.1 Å². The Morgan fingerprint density at radius 3 is 1.60 bits per heavy atom. The van der Waals surface area contributed by atoms with Gasteiger partial charge in [-0.2, -0.15) is 0 Å². The van der Waals surface area contributed by atoms with E-state index in [1.165, 1.54) is 80.2 Å². The summed E-state index contributed by atoms with van der Waals surface area (Å²) >= 11 is 1.91. The predicted octanol–water partition coefficient (Wildman–Crippen LogP) is 16.9. The lowest BCUT2D eigenvalue weighted by atomic mass is 9.98. The van der Waals surface area contributed by atoms with Gasteiger partial charge in [-0.15, -0.1) is 11.3 Å². The summed E-state index contributed by atoms with van der Waals surface area (Å²) < 4.78 is 7.51. The molecule has 0 unspecified atom stereocenters. The third-order valence-electron chi connectivity index (χ3n) is 13.5. The van der Waals surface area contributed by atoms with Crippen molar-refractivity contribution in [2.45, 2.75) is 0 Å². The smallest absolute Gasteiger partial charge is 0.160 e. The molecule has 0 aliphatic heterocycles. The molecule has 0 fully saturated rings. The van der Waals surface area contributed by atoms with Crippen molar-refractivity contribution in [3.8, 4) is 56.4 Å². The molecule has 0 saturated heterocycles. The summed E-state index contributed by atoms with van der Waals surface area (Å²) in [4.78, 5) is 10.2. The maximum atomic E-state index is 5.13. The van der Waals surface area contributed by atoms with Gasteiger partial charge in [-0.3, -0.25) is 0 Å². The number of hydrogen-bond acceptors (Lipinski definition) is 3. The van der Waals surface area contributed by atoms with Crippen LogP contribution in [0.4, 0.5) is 0 Å². The summed E-state index contributed by atoms with van der Waals surface area (Å²) in [7, 11) is 0. The second kappa shape index (κ2) is 15.0. The van der Waals surface area contributed by atoms with Gasteiger partial charge in [-0.05, 0) is 82.6 Å². The lowest BCUT2D eigenvalue weighted by molar-refractivity contribution is 1.18. The number of fused-ring (bicyclic) bond motifs is 13. The maximum absolute atomic E-state index is 5.13. The van der Waals surface area contributed by atoms with E-state index in [1.807, 2.05) is 35.6 Å². The predicted molar refractivity (Wildman–Crippen MR) is 283 cm³/mol. The standard InChI is InChI=1S/C62H38N4S/c1-4-17-40(18-5-1)52-37-53(64-62(63-52)41-19-6-2-7-20-41)43-22-16-21-42(35-43)39-31-33-45(34-32-39)66-55-30-15-13-28-49(55)58-47-26-10-11-27-48(47)59-51-36-50-46-25-12-14-29-54(46)65(44-23-8-3-9-24-44)56(50)38-57(51)67-61(59)60(58)66/h1-38H. The summed E-state index contributed by atoms with van der Waals surface area (Å²) in [6, 6.07) is 83.0. The second-order valence-corrected chi connectivity index (χ2v) is 18.4. The molecule has 0 bridgehead atoms. The SMILES string of the molecule is c1ccc(-c2cc(-c3cccc(-c4ccc(-n5c6ccccc6c6c7ccccc7c7c8cc9c%10ccccc%10n(-c%10ccccc%10)c9cc8sc7c65)cc4)c3)nc(-c3ccccc3)n2)cc1. The minimum absolute atomic E-state index is 0.710. The van der Waals surface area contributed by atoms with Gasteiger partial charge in [0, 0.05) is 65.1 Å². The first-order valence-electron chi connectivity index (χ1n) is 22.7. The van der Waals surface area contributed by atoms with Gasteiger partial charge >= 0.3 is 0 Å². The average molecular weight is 871 g/mol. The van der Waals surface area contributed by atoms with Gasteiger partial charge in [0.25, 0.3) is 0 Å². The molecule has 67 heavy (non-hydrogen) atoms. The van der Waals surface area contributed by atoms with Crippen molar-refractivity contribution in [2.24, 2.45) is 0 Å². The lowest BCUT2D eigenvalue weighted by Gasteiger charge is -2.12. The zero-order valence-corrected chi connectivity index (χ0v) is 37.0. The molecule has 312 valence electrons. The zero-order valence-electron chi connectivity index (χ0n) is 36.1. The van der Waals surface area contributed by atoms with E-state index in [0.29, 0.717) is 5.82 Å². The minimum atomic E-state index is 0.710. The minimum Gasteiger partial charge on any atom is -0.309 e. The van der Waals surface area contributed by atoms with Gasteiger partial charge in [0.05, 0.1) is 38.2 Å². The summed E-state index contributed by atoms with van der Waals surface area (Å²) in [6.45, 7) is 0. The summed E-state index contributed by atoms with van der Waals surface area (Å²) in [6.07, 6.45) is 0. The molecular weight excluding hydrogens is 833 g/mol. The van der Waals surface area contributed by atoms with Gasteiger partial charge in [0.2, 0.25) is 0 Å². The Bertz CT molecular complexity index is 4180. The molecule has 14 aromatic rings. The van der Waals surface area contributed by atoms with E-state index in [4.69, 9.17) is 9.97 Å². The Balaban J connectivity index is 0.950. The molecule has 4 aromatic heterocycles. The van der Waals surface area contributed by atoms with E-state index < -0.39 is 0 Å². The monoisotopic (exact) mass is 870 g/mol. The summed E-state index contributed by atoms with van der Waals surface area (Å²) in [5.74, 6) is 0.710. The molecule has 14 rings (SSSR count). The van der Waals surface area contributed by atoms with Crippen LogP contribution in [0.15, 0.2) is 231 Å². The van der Waals surface area contributed by atoms with Crippen LogP contribution in [0.2, 0.25) is 0 Å². The van der Waals surface area contributed by atoms with Crippen molar-refractivity contribution < 1.29 is 0 Å². The molecular formula is C62H38N4S. The Labute approximate surface area is 389 Å². The number of hydrogen-bond donors (Lipinski definition) is 0. The molecule has 0 saturated carbocycles. The quantitative estimate of drug-likeness (QED) is 0.167. The van der Waals surface area contributed by atoms with Crippen LogP contribution in [0.5, 0.6) is 0 Å². The molecule has 0 N–H and O–H groups in total. The van der Waals surface area contributed by atoms with E-state index in [-0.39, 0.29) is 0 Å². The number of benzene rings is 10. The van der Waals surface area contributed by atoms with Crippen molar-refractivity contribution >= 4 is 85.9 Å². The molecule has 4 heterocycles. The first-order valence-corrected chi connectivity index (χ1v) is 23.5. The fourth-order valence-electron chi connectivity index (χ4n) is 10.5. The van der Waals surface area contributed by atoms with Crippen LogP contribution in [0.1, 0.15) is 0 Å². The third kappa shape index (κ3) is 5.92. The van der Waals surface area contributed by atoms with Crippen LogP contribution in [0.25, 0.3) is 131 Å². The molecule has 0 aliphatic carbocycles. The fraction of sp³-hybridized carbons (Fsp3) is 0. The van der Waals surface area contributed by atoms with Crippen LogP contribution in [0, 0.1) is 0 Å². The van der Waals surface area contributed by atoms with E-state index >= 15 is 0 Å². The van der Waals surface area contributed by atoms with E-state index in [0.717, 1.165) is 44.9 Å². The number of aromatic nitrogens is 4. The van der Waals surface area contributed by atoms with Gasteiger partial charge in [-0.25, -0.2) is 9.97 Å². The molecule has 10 aromatic carbocycles. The van der Waals surface area contributed by atoms with Crippen LogP contribution >= 0.6 is 11.3 Å². The Morgan fingerprint density at radius 2 is 0.866 bits per heavy atom. The van der Waals surface area contributed by atoms with Crippen molar-refractivity contribution in [2.75, 3.05) is 0 Å². The van der Waals surface area contributed by atoms with E-state index in [1.54, 1.807) is 0 Å². The highest BCUT2D eigenvalue weighted by Crippen LogP contribution is 2.49. The maximum Gasteiger partial charge on any atom is 0.160 e. The first-order chi connectivity index (χ1) is 33.2. The average Bonchev–Trinajstić information content (AvgIpc) is 4.07. The number of para-hydroxylation sites is 3. The van der Waals surface area contributed by atoms with Crippen LogP contribution < -0.4 is 0 Å². The number of nitrogens with zero attached hydrogens (tertiary/aromatic N) is 4. The topological polar surface area (TPSA) is 35.6 Å². The summed E-state index contributed by atoms with van der Waals surface area (Å²) in [5, 5.41) is 10.2. The highest BCUT2D eigenvalue weighted by atomic mass is 32.1. The molecule has 0 spiro atoms. The molecule has 0 aliphatic rings. The zero-order chi connectivity index (χ0) is 44.0. The van der Waals surface area contributed by atoms with Crippen molar-refractivity contribution in [1.29, 1.82) is 0 Å². The van der Waals surface area contributed by atoms with Gasteiger partial charge < -0.3 is 9.13 Å². The first kappa shape index (κ1) is 37.7. The largest absolute Gasteiger partial charge is 0.309 e. The second-order valence-electron chi connectivity index (χ2n) is 17.3. The molecule has 0 atom stereocenters. The van der Waals surface area contributed by atoms with Gasteiger partial charge in [-0.1, -0.05) is 170 Å². The lowest BCUT2D eigenvalue weighted by Crippen LogP contribution is -1.96. The highest BCUT2D eigenvalue weighted by molar-refractivity contribution is 7.27. The normalized spacial score (nSPS) is 11.9. The van der Waals surface area contributed by atoms with Gasteiger partial charge in [0.15, 0.2) is 5.82 Å². The van der Waals surface area contributed by atoms with Gasteiger partial charge in [0.1, 0.15) is 0 Å². The molecule has 0 radical (unpaired) electrons. The Hall–Kier alpha value is -8.64. The Morgan fingerprint density at radius 1 is 0.313 bits per heavy atom. The van der Waals surface area contributed by atoms with Crippen molar-refractivity contribution in [3.63, 3.8) is 0 Å². The number of rotatable bonds is 6. The third-order valence-corrected chi connectivity index (χ3v) is 14.7. The van der Waals surface area contributed by atoms with Crippen molar-refractivity contribution in [3.05, 3.63) is 231 Å². The van der Waals surface area contributed by atoms with Crippen LogP contribution in [-0.2, 0) is 0 Å². The Kier molecular flexibility index (Phi) is 8.42. The number of thiophene rings is 1. The van der Waals surface area contributed by atoms with Crippen LogP contribution in [0.3, 0.4) is 0 Å². The summed E-state index contributed by atoms with van der Waals surface area (Å²) in [5.41, 5.74) is 14.3. The molecule has 5 heteroatoms. The fourth-order valence-corrected chi connectivity index (χ4v) is 11.8. The van der Waals surface area contributed by atoms with Crippen LogP contribution in [-0.4, -0.2) is 19.1 Å².